The number of benzene rings is 2. The van der Waals surface area contributed by atoms with E-state index in [4.69, 9.17) is 9.47 Å². The molecule has 0 spiro atoms. The van der Waals surface area contributed by atoms with Gasteiger partial charge < -0.3 is 14.8 Å². The van der Waals surface area contributed by atoms with Crippen molar-refractivity contribution >= 4 is 17.6 Å². The number of esters is 2. The van der Waals surface area contributed by atoms with Crippen LogP contribution in [-0.4, -0.2) is 25.1 Å². The molecule has 1 N–H and O–H groups in total. The number of rotatable bonds is 7. The first kappa shape index (κ1) is 19.8. The van der Waals surface area contributed by atoms with Gasteiger partial charge >= 0.3 is 11.9 Å². The molecule has 5 nitrogen and oxygen atoms in total. The fraction of sp³-hybridized carbons (Fsp3) is 0.182. The van der Waals surface area contributed by atoms with Gasteiger partial charge in [0.2, 0.25) is 0 Å². The average Bonchev–Trinajstić information content (AvgIpc) is 2.69. The quantitative estimate of drug-likeness (QED) is 0.267. The molecule has 27 heavy (non-hydrogen) atoms. The molecule has 0 saturated carbocycles. The van der Waals surface area contributed by atoms with Crippen molar-refractivity contribution in [2.75, 3.05) is 18.5 Å². The summed E-state index contributed by atoms with van der Waals surface area (Å²) < 4.78 is 9.57. The van der Waals surface area contributed by atoms with E-state index in [1.165, 1.54) is 0 Å². The van der Waals surface area contributed by atoms with Gasteiger partial charge in [0, 0.05) is 24.2 Å². The van der Waals surface area contributed by atoms with Gasteiger partial charge in [0.05, 0.1) is 18.2 Å². The van der Waals surface area contributed by atoms with E-state index in [0.717, 1.165) is 23.6 Å². The molecular weight excluding hydrogens is 342 g/mol. The molecule has 2 aromatic carbocycles. The Morgan fingerprint density at radius 2 is 1.81 bits per heavy atom. The summed E-state index contributed by atoms with van der Waals surface area (Å²) in [5, 5.41) is 3.24. The van der Waals surface area contributed by atoms with E-state index in [2.05, 4.69) is 17.2 Å². The predicted octanol–water partition coefficient (Wildman–Crippen LogP) is 3.77. The van der Waals surface area contributed by atoms with Crippen LogP contribution in [0.15, 0.2) is 66.9 Å². The Labute approximate surface area is 159 Å². The van der Waals surface area contributed by atoms with Crippen LogP contribution >= 0.6 is 0 Å². The van der Waals surface area contributed by atoms with Crippen molar-refractivity contribution in [2.24, 2.45) is 0 Å². The second-order valence-corrected chi connectivity index (χ2v) is 5.38. The topological polar surface area (TPSA) is 64.6 Å². The van der Waals surface area contributed by atoms with Gasteiger partial charge in [-0.15, -0.1) is 0 Å². The molecule has 0 heterocycles. The monoisotopic (exact) mass is 363 g/mol. The highest BCUT2D eigenvalue weighted by Gasteiger charge is 2.05. The summed E-state index contributed by atoms with van der Waals surface area (Å²) in [6.07, 6.45) is 2.79. The molecule has 0 aliphatic rings. The first-order valence-electron chi connectivity index (χ1n) is 8.61. The maximum Gasteiger partial charge on any atom is 0.342 e. The van der Waals surface area contributed by atoms with Gasteiger partial charge in [-0.1, -0.05) is 30.0 Å². The van der Waals surface area contributed by atoms with Crippen LogP contribution in [0.4, 0.5) is 5.69 Å². The van der Waals surface area contributed by atoms with Gasteiger partial charge in [0.1, 0.15) is 6.26 Å². The van der Waals surface area contributed by atoms with Gasteiger partial charge in [-0.25, -0.2) is 9.59 Å². The molecule has 0 aliphatic carbocycles. The van der Waals surface area contributed by atoms with Crippen LogP contribution in [0.3, 0.4) is 0 Å². The molecule has 0 bridgehead atoms. The molecule has 0 amide bonds. The van der Waals surface area contributed by atoms with Crippen LogP contribution in [0.5, 0.6) is 0 Å². The molecule has 0 aliphatic heterocycles. The van der Waals surface area contributed by atoms with Crippen molar-refractivity contribution in [2.45, 2.75) is 13.3 Å². The predicted molar refractivity (Wildman–Crippen MR) is 104 cm³/mol. The zero-order valence-electron chi connectivity index (χ0n) is 15.1. The maximum absolute atomic E-state index is 11.9. The number of carbonyl (C=O) groups excluding carboxylic acids is 2. The lowest BCUT2D eigenvalue weighted by atomic mass is 10.2. The molecule has 0 atom stereocenters. The molecule has 0 unspecified atom stereocenters. The highest BCUT2D eigenvalue weighted by Crippen LogP contribution is 2.10. The minimum atomic E-state index is -0.555. The van der Waals surface area contributed by atoms with Crippen LogP contribution in [0.2, 0.25) is 0 Å². The third-order valence-electron chi connectivity index (χ3n) is 3.37. The minimum Gasteiger partial charge on any atom is -0.463 e. The van der Waals surface area contributed by atoms with Crippen LogP contribution in [-0.2, 0) is 14.3 Å². The van der Waals surface area contributed by atoms with E-state index in [0.29, 0.717) is 18.5 Å². The van der Waals surface area contributed by atoms with E-state index in [1.54, 1.807) is 31.2 Å². The summed E-state index contributed by atoms with van der Waals surface area (Å²) >= 11 is 0. The lowest BCUT2D eigenvalue weighted by Crippen LogP contribution is -2.04. The summed E-state index contributed by atoms with van der Waals surface area (Å²) in [5.74, 6) is 5.11. The normalized spacial score (nSPS) is 9.96. The van der Waals surface area contributed by atoms with Crippen molar-refractivity contribution in [3.8, 4) is 11.8 Å². The van der Waals surface area contributed by atoms with E-state index in [9.17, 15) is 9.59 Å². The largest absolute Gasteiger partial charge is 0.463 e. The number of carbonyl (C=O) groups is 2. The number of ether oxygens (including phenoxy) is 2. The molecule has 2 aromatic rings. The van der Waals surface area contributed by atoms with E-state index >= 15 is 0 Å². The zero-order chi connectivity index (χ0) is 19.3. The third kappa shape index (κ3) is 7.49. The summed E-state index contributed by atoms with van der Waals surface area (Å²) in [6.45, 7) is 2.67. The van der Waals surface area contributed by atoms with E-state index in [-0.39, 0.29) is 6.61 Å². The Balaban J connectivity index is 1.75. The third-order valence-corrected chi connectivity index (χ3v) is 3.37. The maximum atomic E-state index is 11.9. The first-order valence-corrected chi connectivity index (χ1v) is 8.61. The molecule has 5 heteroatoms. The first-order chi connectivity index (χ1) is 13.2. The molecule has 0 fully saturated rings. The van der Waals surface area contributed by atoms with Crippen LogP contribution in [0, 0.1) is 11.8 Å². The van der Waals surface area contributed by atoms with Crippen molar-refractivity contribution in [1.82, 2.24) is 0 Å². The molecule has 2 rings (SSSR count). The van der Waals surface area contributed by atoms with Crippen molar-refractivity contribution < 1.29 is 19.1 Å². The van der Waals surface area contributed by atoms with Gasteiger partial charge in [0.25, 0.3) is 0 Å². The van der Waals surface area contributed by atoms with Gasteiger partial charge in [-0.2, -0.15) is 0 Å². The van der Waals surface area contributed by atoms with Crippen LogP contribution < -0.4 is 5.32 Å². The van der Waals surface area contributed by atoms with Crippen LogP contribution in [0.1, 0.15) is 29.3 Å². The SMILES string of the molecule is CCOC(=O)C=COC(=O)c1ccc(NCCC#Cc2ccccc2)cc1. The Morgan fingerprint density at radius 1 is 1.07 bits per heavy atom. The summed E-state index contributed by atoms with van der Waals surface area (Å²) in [4.78, 5) is 23.0. The van der Waals surface area contributed by atoms with Gasteiger partial charge in [-0.05, 0) is 43.3 Å². The van der Waals surface area contributed by atoms with Crippen molar-refractivity contribution in [1.29, 1.82) is 0 Å². The minimum absolute atomic E-state index is 0.267. The van der Waals surface area contributed by atoms with Gasteiger partial charge in [0.15, 0.2) is 0 Å². The highest BCUT2D eigenvalue weighted by atomic mass is 16.5. The molecule has 138 valence electrons. The lowest BCUT2D eigenvalue weighted by molar-refractivity contribution is -0.137. The highest BCUT2D eigenvalue weighted by molar-refractivity contribution is 5.90. The molecule has 0 radical (unpaired) electrons. The van der Waals surface area contributed by atoms with E-state index in [1.807, 2.05) is 30.3 Å². The number of hydrogen-bond donors (Lipinski definition) is 1. The Bertz CT molecular complexity index is 830. The van der Waals surface area contributed by atoms with E-state index < -0.39 is 11.9 Å². The number of hydrogen-bond acceptors (Lipinski definition) is 5. The number of nitrogens with one attached hydrogen (secondary N) is 1. The lowest BCUT2D eigenvalue weighted by Gasteiger charge is -2.05. The fourth-order valence-electron chi connectivity index (χ4n) is 2.09. The smallest absolute Gasteiger partial charge is 0.342 e. The fourth-order valence-corrected chi connectivity index (χ4v) is 2.09. The second kappa shape index (κ2) is 11.2. The second-order valence-electron chi connectivity index (χ2n) is 5.38. The molecule has 0 saturated heterocycles. The Hall–Kier alpha value is -3.52. The van der Waals surface area contributed by atoms with Crippen molar-refractivity contribution in [3.05, 3.63) is 78.1 Å². The molecular formula is C22H21NO4. The van der Waals surface area contributed by atoms with Crippen molar-refractivity contribution in [3.63, 3.8) is 0 Å². The summed E-state index contributed by atoms with van der Waals surface area (Å²) in [6, 6.07) is 16.7. The number of anilines is 1. The average molecular weight is 363 g/mol. The van der Waals surface area contributed by atoms with Crippen LogP contribution in [0.25, 0.3) is 0 Å². The van der Waals surface area contributed by atoms with Gasteiger partial charge in [-0.3, -0.25) is 0 Å². The zero-order valence-corrected chi connectivity index (χ0v) is 15.1. The summed E-state index contributed by atoms with van der Waals surface area (Å²) in [5.41, 5.74) is 2.27. The molecule has 0 aromatic heterocycles. The summed E-state index contributed by atoms with van der Waals surface area (Å²) in [7, 11) is 0. The standard InChI is InChI=1S/C22H21NO4/c1-2-26-21(24)15-17-27-22(25)19-11-13-20(14-12-19)23-16-7-6-10-18-8-4-3-5-9-18/h3-5,8-9,11-15,17,23H,2,7,16H2,1H3. The Kier molecular flexibility index (Phi) is 8.19. The Morgan fingerprint density at radius 3 is 2.52 bits per heavy atom.